The fraction of sp³-hybridized carbons (Fsp3) is 0.600. The summed E-state index contributed by atoms with van der Waals surface area (Å²) in [6.07, 6.45) is 0.888. The highest BCUT2D eigenvalue weighted by atomic mass is 16.5. The van der Waals surface area contributed by atoms with Gasteiger partial charge in [-0.2, -0.15) is 4.98 Å². The molecular formula is C10H16N4O2. The van der Waals surface area contributed by atoms with E-state index in [1.807, 2.05) is 0 Å². The van der Waals surface area contributed by atoms with Crippen LogP contribution in [0.1, 0.15) is 17.7 Å². The Labute approximate surface area is 94.2 Å². The zero-order chi connectivity index (χ0) is 11.4. The van der Waals surface area contributed by atoms with Crippen LogP contribution in [0.4, 0.5) is 5.95 Å². The van der Waals surface area contributed by atoms with Crippen molar-refractivity contribution >= 4 is 5.95 Å². The van der Waals surface area contributed by atoms with E-state index in [0.717, 1.165) is 24.2 Å². The van der Waals surface area contributed by atoms with Gasteiger partial charge in [-0.1, -0.05) is 0 Å². The maximum absolute atomic E-state index is 5.41. The lowest BCUT2D eigenvalue weighted by Gasteiger charge is -2.08. The molecule has 0 saturated carbocycles. The second-order valence-corrected chi connectivity index (χ2v) is 3.54. The molecule has 0 atom stereocenters. The summed E-state index contributed by atoms with van der Waals surface area (Å²) in [7, 11) is 1.60. The first-order valence-corrected chi connectivity index (χ1v) is 5.30. The maximum Gasteiger partial charge on any atom is 0.226 e. The predicted octanol–water partition coefficient (Wildman–Crippen LogP) is 0.276. The van der Waals surface area contributed by atoms with Gasteiger partial charge < -0.3 is 20.5 Å². The van der Waals surface area contributed by atoms with Gasteiger partial charge in [0.25, 0.3) is 0 Å². The van der Waals surface area contributed by atoms with Crippen molar-refractivity contribution in [3.05, 3.63) is 11.3 Å². The minimum atomic E-state index is 0.528. The van der Waals surface area contributed by atoms with E-state index in [9.17, 15) is 0 Å². The minimum Gasteiger partial charge on any atom is -0.481 e. The van der Waals surface area contributed by atoms with Crippen LogP contribution in [0.3, 0.4) is 0 Å². The van der Waals surface area contributed by atoms with Gasteiger partial charge in [0.05, 0.1) is 31.6 Å². The van der Waals surface area contributed by atoms with E-state index in [4.69, 9.17) is 15.2 Å². The summed E-state index contributed by atoms with van der Waals surface area (Å²) in [5, 5.41) is 3.11. The van der Waals surface area contributed by atoms with Gasteiger partial charge in [0.1, 0.15) is 0 Å². The average Bonchev–Trinajstić information content (AvgIpc) is 2.76. The molecule has 2 heterocycles. The molecule has 1 aliphatic heterocycles. The Balaban J connectivity index is 2.14. The molecule has 88 valence electrons. The molecule has 6 heteroatoms. The number of hydrogen-bond donors (Lipinski definition) is 2. The van der Waals surface area contributed by atoms with E-state index in [1.54, 1.807) is 7.11 Å². The van der Waals surface area contributed by atoms with Gasteiger partial charge in [0.2, 0.25) is 11.8 Å². The lowest BCUT2D eigenvalue weighted by molar-refractivity contribution is 0.132. The van der Waals surface area contributed by atoms with Crippen LogP contribution in [0.5, 0.6) is 5.88 Å². The van der Waals surface area contributed by atoms with Crippen molar-refractivity contribution in [3.63, 3.8) is 0 Å². The highest BCUT2D eigenvalue weighted by Crippen LogP contribution is 2.27. The molecule has 0 unspecified atom stereocenters. The number of rotatable bonds is 5. The summed E-state index contributed by atoms with van der Waals surface area (Å²) >= 11 is 0. The van der Waals surface area contributed by atoms with Crippen molar-refractivity contribution in [1.82, 2.24) is 9.97 Å². The van der Waals surface area contributed by atoms with E-state index in [1.165, 1.54) is 0 Å². The van der Waals surface area contributed by atoms with Gasteiger partial charge in [-0.3, -0.25) is 0 Å². The Hall–Kier alpha value is -1.40. The van der Waals surface area contributed by atoms with Crippen molar-refractivity contribution in [1.29, 1.82) is 0 Å². The smallest absolute Gasteiger partial charge is 0.226 e. The minimum absolute atomic E-state index is 0.528. The first-order valence-electron chi connectivity index (χ1n) is 5.30. The van der Waals surface area contributed by atoms with Crippen LogP contribution < -0.4 is 15.8 Å². The highest BCUT2D eigenvalue weighted by molar-refractivity contribution is 5.39. The number of methoxy groups -OCH3 is 1. The van der Waals surface area contributed by atoms with Crippen LogP contribution in [-0.2, 0) is 18.0 Å². The Kier molecular flexibility index (Phi) is 3.53. The van der Waals surface area contributed by atoms with Crippen molar-refractivity contribution < 1.29 is 9.47 Å². The lowest BCUT2D eigenvalue weighted by Crippen LogP contribution is -2.12. The fourth-order valence-electron chi connectivity index (χ4n) is 1.57. The predicted molar refractivity (Wildman–Crippen MR) is 59.2 cm³/mol. The largest absolute Gasteiger partial charge is 0.481 e. The maximum atomic E-state index is 5.41. The Bertz CT molecular complexity index is 370. The molecule has 0 radical (unpaired) electrons. The molecule has 1 aromatic heterocycles. The Morgan fingerprint density at radius 1 is 1.44 bits per heavy atom. The molecule has 1 aromatic rings. The van der Waals surface area contributed by atoms with Gasteiger partial charge >= 0.3 is 0 Å². The van der Waals surface area contributed by atoms with Crippen LogP contribution >= 0.6 is 0 Å². The molecule has 0 spiro atoms. The summed E-state index contributed by atoms with van der Waals surface area (Å²) < 4.78 is 10.5. The average molecular weight is 224 g/mol. The molecule has 0 aliphatic carbocycles. The first kappa shape index (κ1) is 11.1. The molecule has 1 aliphatic rings. The molecule has 0 amide bonds. The number of nitrogens with zero attached hydrogens (tertiary/aromatic N) is 2. The third-order valence-electron chi connectivity index (χ3n) is 2.40. The standard InChI is InChI=1S/C10H16N4O2/c1-15-9-7-5-16-6-8(7)13-10(14-9)12-4-2-3-11/h2-6,11H2,1H3,(H,12,13,14). The Morgan fingerprint density at radius 3 is 3.06 bits per heavy atom. The summed E-state index contributed by atoms with van der Waals surface area (Å²) in [6, 6.07) is 0. The number of anilines is 1. The molecule has 6 nitrogen and oxygen atoms in total. The number of fused-ring (bicyclic) bond motifs is 1. The summed E-state index contributed by atoms with van der Waals surface area (Å²) in [6.45, 7) is 2.47. The number of nitrogens with one attached hydrogen (secondary N) is 1. The number of nitrogens with two attached hydrogens (primary N) is 1. The summed E-state index contributed by atoms with van der Waals surface area (Å²) in [5.74, 6) is 1.17. The first-order chi connectivity index (χ1) is 7.85. The highest BCUT2D eigenvalue weighted by Gasteiger charge is 2.20. The normalized spacial score (nSPS) is 13.6. The van der Waals surface area contributed by atoms with E-state index in [-0.39, 0.29) is 0 Å². The second-order valence-electron chi connectivity index (χ2n) is 3.54. The van der Waals surface area contributed by atoms with E-state index >= 15 is 0 Å². The van der Waals surface area contributed by atoms with E-state index in [2.05, 4.69) is 15.3 Å². The monoisotopic (exact) mass is 224 g/mol. The van der Waals surface area contributed by atoms with Crippen LogP contribution in [0.25, 0.3) is 0 Å². The van der Waals surface area contributed by atoms with Gasteiger partial charge in [0.15, 0.2) is 0 Å². The molecule has 2 rings (SSSR count). The van der Waals surface area contributed by atoms with Gasteiger partial charge in [-0.15, -0.1) is 0 Å². The quantitative estimate of drug-likeness (QED) is 0.699. The Morgan fingerprint density at radius 2 is 2.31 bits per heavy atom. The molecular weight excluding hydrogens is 208 g/mol. The van der Waals surface area contributed by atoms with Gasteiger partial charge in [-0.05, 0) is 13.0 Å². The van der Waals surface area contributed by atoms with Crippen molar-refractivity contribution in [2.45, 2.75) is 19.6 Å². The number of aromatic nitrogens is 2. The molecule has 0 aromatic carbocycles. The van der Waals surface area contributed by atoms with Gasteiger partial charge in [-0.25, -0.2) is 4.98 Å². The lowest BCUT2D eigenvalue weighted by atomic mass is 10.2. The van der Waals surface area contributed by atoms with Crippen LogP contribution in [0.15, 0.2) is 0 Å². The van der Waals surface area contributed by atoms with E-state index in [0.29, 0.717) is 31.6 Å². The number of hydrogen-bond acceptors (Lipinski definition) is 6. The molecule has 0 bridgehead atoms. The third-order valence-corrected chi connectivity index (χ3v) is 2.40. The van der Waals surface area contributed by atoms with Crippen molar-refractivity contribution in [3.8, 4) is 5.88 Å². The molecule has 3 N–H and O–H groups in total. The summed E-state index contributed by atoms with van der Waals surface area (Å²) in [5.41, 5.74) is 7.27. The van der Waals surface area contributed by atoms with Crippen LogP contribution in [0.2, 0.25) is 0 Å². The van der Waals surface area contributed by atoms with Crippen molar-refractivity contribution in [2.24, 2.45) is 5.73 Å². The second kappa shape index (κ2) is 5.09. The number of ether oxygens (including phenoxy) is 2. The molecule has 16 heavy (non-hydrogen) atoms. The van der Waals surface area contributed by atoms with Crippen LogP contribution in [0, 0.1) is 0 Å². The SMILES string of the molecule is COc1nc(NCCCN)nc2c1COC2. The topological polar surface area (TPSA) is 82.3 Å². The van der Waals surface area contributed by atoms with Crippen molar-refractivity contribution in [2.75, 3.05) is 25.5 Å². The van der Waals surface area contributed by atoms with E-state index < -0.39 is 0 Å². The fourth-order valence-corrected chi connectivity index (χ4v) is 1.57. The van der Waals surface area contributed by atoms with Crippen LogP contribution in [-0.4, -0.2) is 30.2 Å². The summed E-state index contributed by atoms with van der Waals surface area (Å²) in [4.78, 5) is 8.64. The van der Waals surface area contributed by atoms with Gasteiger partial charge in [0, 0.05) is 6.54 Å². The molecule has 0 saturated heterocycles. The third kappa shape index (κ3) is 2.23. The zero-order valence-corrected chi connectivity index (χ0v) is 9.32. The molecule has 0 fully saturated rings. The zero-order valence-electron chi connectivity index (χ0n) is 9.32.